The maximum absolute atomic E-state index is 9.70. The summed E-state index contributed by atoms with van der Waals surface area (Å²) in [7, 11) is 0. The first-order valence-electron chi connectivity index (χ1n) is 7.66. The van der Waals surface area contributed by atoms with Crippen LogP contribution in [-0.4, -0.2) is 39.8 Å². The van der Waals surface area contributed by atoms with Crippen LogP contribution in [0, 0.1) is 5.41 Å². The van der Waals surface area contributed by atoms with Crippen LogP contribution in [0.2, 0.25) is 0 Å². The van der Waals surface area contributed by atoms with E-state index < -0.39 is 0 Å². The molecular weight excluding hydrogens is 270 g/mol. The number of rotatable bonds is 7. The molecule has 4 N–H and O–H groups in total. The monoisotopic (exact) mass is 295 g/mol. The second-order valence-electron chi connectivity index (χ2n) is 5.72. The van der Waals surface area contributed by atoms with Gasteiger partial charge >= 0.3 is 6.01 Å². The molecule has 118 valence electrons. The second kappa shape index (κ2) is 7.40. The number of ether oxygens (including phenoxy) is 1. The smallest absolute Gasteiger partial charge is 0.323 e. The maximum Gasteiger partial charge on any atom is 0.323 e. The van der Waals surface area contributed by atoms with Crippen molar-refractivity contribution in [3.8, 4) is 6.01 Å². The number of aliphatic hydroxyl groups is 1. The lowest BCUT2D eigenvalue weighted by Crippen LogP contribution is -2.36. The number of nitrogen functional groups attached to an aromatic ring is 1. The van der Waals surface area contributed by atoms with Gasteiger partial charge in [0, 0.05) is 12.0 Å². The molecule has 0 unspecified atom stereocenters. The molecule has 1 aliphatic rings. The Balaban J connectivity index is 1.99. The molecule has 0 amide bonds. The van der Waals surface area contributed by atoms with E-state index in [4.69, 9.17) is 10.5 Å². The Kier molecular flexibility index (Phi) is 5.55. The molecule has 0 atom stereocenters. The summed E-state index contributed by atoms with van der Waals surface area (Å²) in [6.45, 7) is 3.38. The number of aliphatic hydroxyl groups excluding tert-OH is 1. The minimum Gasteiger partial charge on any atom is -0.463 e. The number of nitrogens with two attached hydrogens (primary N) is 1. The van der Waals surface area contributed by atoms with Crippen molar-refractivity contribution >= 4 is 11.9 Å². The molecule has 21 heavy (non-hydrogen) atoms. The Morgan fingerprint density at radius 1 is 1.24 bits per heavy atom. The van der Waals surface area contributed by atoms with Gasteiger partial charge in [-0.3, -0.25) is 0 Å². The minimum atomic E-state index is -0.0793. The van der Waals surface area contributed by atoms with Gasteiger partial charge in [0.2, 0.25) is 11.9 Å². The first-order valence-corrected chi connectivity index (χ1v) is 7.66. The summed E-state index contributed by atoms with van der Waals surface area (Å²) in [5.41, 5.74) is 5.59. The van der Waals surface area contributed by atoms with Crippen LogP contribution in [0.3, 0.4) is 0 Å². The number of hydrogen-bond donors (Lipinski definition) is 3. The van der Waals surface area contributed by atoms with Gasteiger partial charge in [0.15, 0.2) is 0 Å². The number of aromatic nitrogens is 3. The zero-order valence-electron chi connectivity index (χ0n) is 12.6. The Bertz CT molecular complexity index is 449. The molecule has 1 aromatic rings. The van der Waals surface area contributed by atoms with E-state index in [2.05, 4.69) is 20.3 Å². The first-order chi connectivity index (χ1) is 10.2. The summed E-state index contributed by atoms with van der Waals surface area (Å²) in [5.74, 6) is 0.548. The molecular formula is C14H25N5O2. The van der Waals surface area contributed by atoms with Crippen molar-refractivity contribution in [2.24, 2.45) is 5.41 Å². The summed E-state index contributed by atoms with van der Waals surface area (Å²) in [4.78, 5) is 12.2. The van der Waals surface area contributed by atoms with Crippen molar-refractivity contribution in [3.63, 3.8) is 0 Å². The van der Waals surface area contributed by atoms with Crippen LogP contribution in [0.25, 0.3) is 0 Å². The fourth-order valence-corrected chi connectivity index (χ4v) is 2.67. The Labute approximate surface area is 125 Å². The van der Waals surface area contributed by atoms with Gasteiger partial charge in [0.1, 0.15) is 0 Å². The third-order valence-corrected chi connectivity index (χ3v) is 3.94. The highest BCUT2D eigenvalue weighted by molar-refractivity contribution is 5.32. The Morgan fingerprint density at radius 3 is 2.67 bits per heavy atom. The molecule has 0 aliphatic heterocycles. The highest BCUT2D eigenvalue weighted by atomic mass is 16.5. The molecule has 1 aliphatic carbocycles. The van der Waals surface area contributed by atoms with Crippen LogP contribution >= 0.6 is 0 Å². The van der Waals surface area contributed by atoms with Gasteiger partial charge in [0.25, 0.3) is 0 Å². The van der Waals surface area contributed by atoms with Gasteiger partial charge in [0.05, 0.1) is 13.2 Å². The van der Waals surface area contributed by atoms with Gasteiger partial charge in [-0.15, -0.1) is 0 Å². The Morgan fingerprint density at radius 2 is 2.00 bits per heavy atom. The van der Waals surface area contributed by atoms with E-state index in [0.717, 1.165) is 32.1 Å². The van der Waals surface area contributed by atoms with Crippen molar-refractivity contribution in [3.05, 3.63) is 0 Å². The number of nitrogens with one attached hydrogen (secondary N) is 1. The number of nitrogens with zero attached hydrogens (tertiary/aromatic N) is 3. The van der Waals surface area contributed by atoms with Gasteiger partial charge in [-0.25, -0.2) is 0 Å². The molecule has 7 heteroatoms. The summed E-state index contributed by atoms with van der Waals surface area (Å²) < 4.78 is 5.39. The molecule has 1 fully saturated rings. The summed E-state index contributed by atoms with van der Waals surface area (Å²) in [6, 6.07) is 0.244. The van der Waals surface area contributed by atoms with Crippen molar-refractivity contribution in [2.45, 2.75) is 45.4 Å². The second-order valence-corrected chi connectivity index (χ2v) is 5.72. The zero-order chi connectivity index (χ0) is 15.1. The predicted octanol–water partition coefficient (Wildman–Crippen LogP) is 1.60. The topological polar surface area (TPSA) is 106 Å². The lowest BCUT2D eigenvalue weighted by Gasteiger charge is -2.35. The summed E-state index contributed by atoms with van der Waals surface area (Å²) in [6.07, 6.45) is 6.49. The van der Waals surface area contributed by atoms with E-state index >= 15 is 0 Å². The van der Waals surface area contributed by atoms with E-state index in [-0.39, 0.29) is 24.0 Å². The highest BCUT2D eigenvalue weighted by Gasteiger charge is 2.31. The molecule has 0 saturated heterocycles. The van der Waals surface area contributed by atoms with Crippen LogP contribution in [0.5, 0.6) is 6.01 Å². The van der Waals surface area contributed by atoms with Gasteiger partial charge < -0.3 is 20.9 Å². The van der Waals surface area contributed by atoms with Crippen LogP contribution in [-0.2, 0) is 0 Å². The van der Waals surface area contributed by atoms with Crippen molar-refractivity contribution in [2.75, 3.05) is 30.8 Å². The highest BCUT2D eigenvalue weighted by Crippen LogP contribution is 2.35. The lowest BCUT2D eigenvalue weighted by atomic mass is 9.74. The zero-order valence-corrected chi connectivity index (χ0v) is 12.6. The normalized spacial score (nSPS) is 17.4. The lowest BCUT2D eigenvalue weighted by molar-refractivity contribution is 0.0942. The quantitative estimate of drug-likeness (QED) is 0.701. The molecule has 1 heterocycles. The first kappa shape index (κ1) is 15.8. The summed E-state index contributed by atoms with van der Waals surface area (Å²) in [5, 5.41) is 12.9. The maximum atomic E-state index is 9.70. The number of anilines is 2. The number of hydrogen-bond acceptors (Lipinski definition) is 7. The molecule has 0 spiro atoms. The summed E-state index contributed by atoms with van der Waals surface area (Å²) >= 11 is 0. The third-order valence-electron chi connectivity index (χ3n) is 3.94. The van der Waals surface area contributed by atoms with E-state index in [1.54, 1.807) is 0 Å². The molecule has 7 nitrogen and oxygen atoms in total. The molecule has 0 radical (unpaired) electrons. The van der Waals surface area contributed by atoms with E-state index in [1.165, 1.54) is 6.42 Å². The van der Waals surface area contributed by atoms with Gasteiger partial charge in [-0.2, -0.15) is 15.0 Å². The van der Waals surface area contributed by atoms with Crippen LogP contribution in [0.4, 0.5) is 11.9 Å². The van der Waals surface area contributed by atoms with E-state index in [0.29, 0.717) is 19.1 Å². The average molecular weight is 295 g/mol. The third kappa shape index (κ3) is 4.42. The van der Waals surface area contributed by atoms with Gasteiger partial charge in [-0.1, -0.05) is 26.2 Å². The Hall–Kier alpha value is -1.63. The van der Waals surface area contributed by atoms with E-state index in [9.17, 15) is 5.11 Å². The fraction of sp³-hybridized carbons (Fsp3) is 0.786. The molecule has 2 rings (SSSR count). The van der Waals surface area contributed by atoms with Crippen molar-refractivity contribution in [1.82, 2.24) is 15.0 Å². The SMILES string of the molecule is CCCOc1nc(N)nc(NCC2(CO)CCCCC2)n1. The van der Waals surface area contributed by atoms with Gasteiger partial charge in [-0.05, 0) is 19.3 Å². The van der Waals surface area contributed by atoms with Crippen molar-refractivity contribution < 1.29 is 9.84 Å². The van der Waals surface area contributed by atoms with Crippen LogP contribution < -0.4 is 15.8 Å². The standard InChI is InChI=1S/C14H25N5O2/c1-2-8-21-13-18-11(15)17-12(19-13)16-9-14(10-20)6-4-3-5-7-14/h20H,2-10H2,1H3,(H3,15,16,17,18,19). The molecule has 0 bridgehead atoms. The molecule has 0 aromatic carbocycles. The molecule has 1 saturated carbocycles. The van der Waals surface area contributed by atoms with Crippen molar-refractivity contribution in [1.29, 1.82) is 0 Å². The van der Waals surface area contributed by atoms with Crippen LogP contribution in [0.15, 0.2) is 0 Å². The average Bonchev–Trinajstić information content (AvgIpc) is 2.51. The minimum absolute atomic E-state index is 0.0793. The van der Waals surface area contributed by atoms with E-state index in [1.807, 2.05) is 6.92 Å². The van der Waals surface area contributed by atoms with Crippen LogP contribution in [0.1, 0.15) is 45.4 Å². The largest absolute Gasteiger partial charge is 0.463 e. The predicted molar refractivity (Wildman–Crippen MR) is 81.1 cm³/mol. The molecule has 1 aromatic heterocycles. The fourth-order valence-electron chi connectivity index (χ4n) is 2.67.